The summed E-state index contributed by atoms with van der Waals surface area (Å²) in [6.45, 7) is 10.3. The summed E-state index contributed by atoms with van der Waals surface area (Å²) in [6, 6.07) is 15.3. The summed E-state index contributed by atoms with van der Waals surface area (Å²) in [7, 11) is 0. The molecule has 0 fully saturated rings. The van der Waals surface area contributed by atoms with Gasteiger partial charge in [-0.25, -0.2) is 0 Å². The Balaban J connectivity index is 2.19. The summed E-state index contributed by atoms with van der Waals surface area (Å²) >= 11 is 0. The van der Waals surface area contributed by atoms with E-state index in [0.717, 1.165) is 24.0 Å². The lowest BCUT2D eigenvalue weighted by molar-refractivity contribution is -0.143. The summed E-state index contributed by atoms with van der Waals surface area (Å²) in [6.07, 6.45) is 2.32. The molecule has 2 amide bonds. The van der Waals surface area contributed by atoms with Gasteiger partial charge in [-0.2, -0.15) is 0 Å². The van der Waals surface area contributed by atoms with Gasteiger partial charge in [-0.05, 0) is 56.4 Å². The molecule has 2 rings (SSSR count). The van der Waals surface area contributed by atoms with Crippen molar-refractivity contribution in [1.82, 2.24) is 10.2 Å². The van der Waals surface area contributed by atoms with Crippen LogP contribution in [0.15, 0.2) is 48.5 Å². The lowest BCUT2D eigenvalue weighted by atomic mass is 10.1. The van der Waals surface area contributed by atoms with Crippen LogP contribution in [0.2, 0.25) is 0 Å². The Morgan fingerprint density at radius 3 is 2.29 bits per heavy atom. The molecule has 5 nitrogen and oxygen atoms in total. The van der Waals surface area contributed by atoms with Crippen LogP contribution in [0.4, 0.5) is 0 Å². The van der Waals surface area contributed by atoms with Crippen LogP contribution in [0, 0.1) is 6.92 Å². The first kappa shape index (κ1) is 24.4. The van der Waals surface area contributed by atoms with Crippen LogP contribution in [0.3, 0.4) is 0 Å². The molecule has 0 saturated heterocycles. The summed E-state index contributed by atoms with van der Waals surface area (Å²) < 4.78 is 5.76. The number of amides is 2. The van der Waals surface area contributed by atoms with E-state index in [1.54, 1.807) is 4.90 Å². The lowest BCUT2D eigenvalue weighted by Crippen LogP contribution is -2.51. The summed E-state index contributed by atoms with van der Waals surface area (Å²) in [5.41, 5.74) is 3.33. The zero-order valence-electron chi connectivity index (χ0n) is 19.5. The fraction of sp³-hybridized carbons (Fsp3) is 0.462. The largest absolute Gasteiger partial charge is 0.484 e. The summed E-state index contributed by atoms with van der Waals surface area (Å²) in [4.78, 5) is 27.8. The first-order valence-electron chi connectivity index (χ1n) is 11.2. The monoisotopic (exact) mass is 424 g/mol. The van der Waals surface area contributed by atoms with Crippen molar-refractivity contribution in [3.63, 3.8) is 0 Å². The van der Waals surface area contributed by atoms with Gasteiger partial charge >= 0.3 is 0 Å². The molecule has 0 aliphatic carbocycles. The van der Waals surface area contributed by atoms with Gasteiger partial charge < -0.3 is 15.0 Å². The smallest absolute Gasteiger partial charge is 0.261 e. The molecule has 0 heterocycles. The van der Waals surface area contributed by atoms with E-state index in [1.165, 1.54) is 5.56 Å². The molecule has 2 atom stereocenters. The van der Waals surface area contributed by atoms with E-state index < -0.39 is 6.04 Å². The van der Waals surface area contributed by atoms with Gasteiger partial charge in [-0.15, -0.1) is 0 Å². The normalized spacial score (nSPS) is 12.7. The second kappa shape index (κ2) is 12.1. The number of hydrogen-bond acceptors (Lipinski definition) is 3. The Bertz CT molecular complexity index is 848. The highest BCUT2D eigenvalue weighted by atomic mass is 16.5. The predicted molar refractivity (Wildman–Crippen MR) is 125 cm³/mol. The number of nitrogens with zero attached hydrogens (tertiary/aromatic N) is 1. The maximum atomic E-state index is 13.2. The number of benzene rings is 2. The average Bonchev–Trinajstić information content (AvgIpc) is 2.77. The lowest BCUT2D eigenvalue weighted by Gasteiger charge is -2.31. The minimum atomic E-state index is -0.548. The van der Waals surface area contributed by atoms with Crippen LogP contribution >= 0.6 is 0 Å². The van der Waals surface area contributed by atoms with Gasteiger partial charge in [0.25, 0.3) is 5.91 Å². The van der Waals surface area contributed by atoms with Crippen LogP contribution in [-0.4, -0.2) is 35.4 Å². The van der Waals surface area contributed by atoms with E-state index in [9.17, 15) is 9.59 Å². The molecule has 0 unspecified atom stereocenters. The van der Waals surface area contributed by atoms with Crippen LogP contribution < -0.4 is 10.1 Å². The molecule has 0 aliphatic rings. The molecular weight excluding hydrogens is 388 g/mol. The van der Waals surface area contributed by atoms with E-state index in [4.69, 9.17) is 4.74 Å². The van der Waals surface area contributed by atoms with Gasteiger partial charge in [-0.1, -0.05) is 62.7 Å². The quantitative estimate of drug-likeness (QED) is 0.571. The van der Waals surface area contributed by atoms with Crippen LogP contribution in [0.25, 0.3) is 0 Å². The molecule has 0 radical (unpaired) electrons. The molecule has 0 saturated carbocycles. The van der Waals surface area contributed by atoms with Crippen molar-refractivity contribution in [2.45, 2.75) is 72.5 Å². The topological polar surface area (TPSA) is 58.6 Å². The van der Waals surface area contributed by atoms with Crippen LogP contribution in [0.1, 0.15) is 57.2 Å². The average molecular weight is 425 g/mol. The fourth-order valence-electron chi connectivity index (χ4n) is 3.42. The van der Waals surface area contributed by atoms with Crippen molar-refractivity contribution in [3.05, 3.63) is 65.2 Å². The molecule has 168 valence electrons. The fourth-order valence-corrected chi connectivity index (χ4v) is 3.42. The van der Waals surface area contributed by atoms with Gasteiger partial charge in [-0.3, -0.25) is 9.59 Å². The Morgan fingerprint density at radius 2 is 1.71 bits per heavy atom. The Labute approximate surface area is 186 Å². The standard InChI is InChI=1S/C26H36N2O3/c1-6-20(5)27-26(30)24(8-3)28(17-22-11-9-10-19(4)16-22)25(29)18-31-23-14-12-21(7-2)13-15-23/h9-16,20,24H,6-8,17-18H2,1-5H3,(H,27,30)/t20-,24+/m1/s1. The van der Waals surface area contributed by atoms with Crippen LogP contribution in [-0.2, 0) is 22.6 Å². The first-order valence-corrected chi connectivity index (χ1v) is 11.2. The maximum Gasteiger partial charge on any atom is 0.261 e. The van der Waals surface area contributed by atoms with E-state index in [-0.39, 0.29) is 24.5 Å². The number of rotatable bonds is 11. The highest BCUT2D eigenvalue weighted by Crippen LogP contribution is 2.16. The minimum Gasteiger partial charge on any atom is -0.484 e. The van der Waals surface area contributed by atoms with E-state index in [1.807, 2.05) is 76.2 Å². The first-order chi connectivity index (χ1) is 14.9. The van der Waals surface area contributed by atoms with Crippen molar-refractivity contribution in [1.29, 1.82) is 0 Å². The second-order valence-corrected chi connectivity index (χ2v) is 8.04. The van der Waals surface area contributed by atoms with Crippen molar-refractivity contribution in [3.8, 4) is 5.75 Å². The number of hydrogen-bond donors (Lipinski definition) is 1. The second-order valence-electron chi connectivity index (χ2n) is 8.04. The molecular formula is C26H36N2O3. The number of nitrogens with one attached hydrogen (secondary N) is 1. The van der Waals surface area contributed by atoms with Crippen LogP contribution in [0.5, 0.6) is 5.75 Å². The van der Waals surface area contributed by atoms with Gasteiger partial charge in [0.2, 0.25) is 5.91 Å². The van der Waals surface area contributed by atoms with Gasteiger partial charge in [0.1, 0.15) is 11.8 Å². The number of aryl methyl sites for hydroxylation is 2. The summed E-state index contributed by atoms with van der Waals surface area (Å²) in [5.74, 6) is 0.329. The Kier molecular flexibility index (Phi) is 9.57. The zero-order valence-corrected chi connectivity index (χ0v) is 19.5. The predicted octanol–water partition coefficient (Wildman–Crippen LogP) is 4.66. The van der Waals surface area contributed by atoms with Crippen molar-refractivity contribution < 1.29 is 14.3 Å². The molecule has 0 spiro atoms. The van der Waals surface area contributed by atoms with E-state index >= 15 is 0 Å². The third kappa shape index (κ3) is 7.42. The van der Waals surface area contributed by atoms with E-state index in [0.29, 0.717) is 18.7 Å². The van der Waals surface area contributed by atoms with Crippen molar-refractivity contribution in [2.75, 3.05) is 6.61 Å². The minimum absolute atomic E-state index is 0.0609. The highest BCUT2D eigenvalue weighted by Gasteiger charge is 2.29. The third-order valence-corrected chi connectivity index (χ3v) is 5.52. The maximum absolute atomic E-state index is 13.2. The molecule has 2 aromatic rings. The number of carbonyl (C=O) groups is 2. The van der Waals surface area contributed by atoms with Crippen molar-refractivity contribution >= 4 is 11.8 Å². The Hall–Kier alpha value is -2.82. The molecule has 0 aliphatic heterocycles. The molecule has 0 bridgehead atoms. The van der Waals surface area contributed by atoms with E-state index in [2.05, 4.69) is 12.2 Å². The van der Waals surface area contributed by atoms with Gasteiger partial charge in [0.15, 0.2) is 6.61 Å². The molecule has 0 aromatic heterocycles. The van der Waals surface area contributed by atoms with Crippen molar-refractivity contribution in [2.24, 2.45) is 0 Å². The molecule has 5 heteroatoms. The number of ether oxygens (including phenoxy) is 1. The SMILES string of the molecule is CCc1ccc(OCC(=O)N(Cc2cccc(C)c2)[C@@H](CC)C(=O)N[C@H](C)CC)cc1. The third-order valence-electron chi connectivity index (χ3n) is 5.52. The van der Waals surface area contributed by atoms with Gasteiger partial charge in [0.05, 0.1) is 0 Å². The molecule has 2 aromatic carbocycles. The molecule has 1 N–H and O–H groups in total. The Morgan fingerprint density at radius 1 is 1.00 bits per heavy atom. The summed E-state index contributed by atoms with van der Waals surface area (Å²) in [5, 5.41) is 3.03. The number of carbonyl (C=O) groups excluding carboxylic acids is 2. The zero-order chi connectivity index (χ0) is 22.8. The highest BCUT2D eigenvalue weighted by molar-refractivity contribution is 5.88. The van der Waals surface area contributed by atoms with Gasteiger partial charge in [0, 0.05) is 12.6 Å². The molecule has 31 heavy (non-hydrogen) atoms.